The largest absolute Gasteiger partial charge is 0.473 e. The topological polar surface area (TPSA) is 56.1 Å². The normalized spacial score (nSPS) is 14.1. The third kappa shape index (κ3) is 2.81. The van der Waals surface area contributed by atoms with E-state index in [0.29, 0.717) is 17.3 Å². The average Bonchev–Trinajstić information content (AvgIpc) is 3.22. The number of allylic oxidation sites excluding steroid dienone is 1. The van der Waals surface area contributed by atoms with E-state index in [9.17, 15) is 9.18 Å². The van der Waals surface area contributed by atoms with Gasteiger partial charge in [-0.1, -0.05) is 6.58 Å². The SMILES string of the molecule is C=C(CCF)NC(=O)c1cc2ccnc(OC3CC3)c2n1C. The van der Waals surface area contributed by atoms with Crippen molar-refractivity contribution in [3.8, 4) is 5.88 Å². The number of rotatable bonds is 6. The van der Waals surface area contributed by atoms with Crippen molar-refractivity contribution in [3.63, 3.8) is 0 Å². The zero-order chi connectivity index (χ0) is 15.7. The summed E-state index contributed by atoms with van der Waals surface area (Å²) in [7, 11) is 1.79. The number of amides is 1. The molecule has 1 amide bonds. The molecule has 6 heteroatoms. The van der Waals surface area contributed by atoms with Gasteiger partial charge in [-0.25, -0.2) is 4.98 Å². The molecular weight excluding hydrogens is 285 g/mol. The van der Waals surface area contributed by atoms with E-state index < -0.39 is 6.67 Å². The Labute approximate surface area is 127 Å². The lowest BCUT2D eigenvalue weighted by Crippen LogP contribution is -2.24. The molecule has 3 rings (SSSR count). The number of hydrogen-bond acceptors (Lipinski definition) is 3. The molecule has 0 saturated heterocycles. The summed E-state index contributed by atoms with van der Waals surface area (Å²) in [6.45, 7) is 3.10. The van der Waals surface area contributed by atoms with Crippen molar-refractivity contribution >= 4 is 16.8 Å². The van der Waals surface area contributed by atoms with Gasteiger partial charge in [0.1, 0.15) is 17.3 Å². The molecule has 0 spiro atoms. The molecule has 1 aliphatic carbocycles. The van der Waals surface area contributed by atoms with E-state index in [-0.39, 0.29) is 18.4 Å². The number of hydrogen-bond donors (Lipinski definition) is 1. The number of pyridine rings is 1. The van der Waals surface area contributed by atoms with Gasteiger partial charge in [0.2, 0.25) is 5.88 Å². The highest BCUT2D eigenvalue weighted by molar-refractivity contribution is 6.00. The van der Waals surface area contributed by atoms with E-state index in [4.69, 9.17) is 4.74 Å². The molecule has 2 aromatic heterocycles. The molecule has 0 unspecified atom stereocenters. The van der Waals surface area contributed by atoms with Gasteiger partial charge in [-0.05, 0) is 25.0 Å². The minimum atomic E-state index is -0.544. The predicted octanol–water partition coefficient (Wildman–Crippen LogP) is 2.72. The molecule has 1 fully saturated rings. The zero-order valence-corrected chi connectivity index (χ0v) is 12.4. The fraction of sp³-hybridized carbons (Fsp3) is 0.375. The Hall–Kier alpha value is -2.37. The maximum absolute atomic E-state index is 12.3. The van der Waals surface area contributed by atoms with Crippen LogP contribution < -0.4 is 10.1 Å². The van der Waals surface area contributed by atoms with Gasteiger partial charge in [0, 0.05) is 30.7 Å². The number of fused-ring (bicyclic) bond motifs is 1. The molecule has 0 radical (unpaired) electrons. The summed E-state index contributed by atoms with van der Waals surface area (Å²) >= 11 is 0. The maximum Gasteiger partial charge on any atom is 0.272 e. The Balaban J connectivity index is 1.92. The van der Waals surface area contributed by atoms with E-state index in [0.717, 1.165) is 23.7 Å². The molecular formula is C16H18FN3O2. The first-order chi connectivity index (χ1) is 10.6. The zero-order valence-electron chi connectivity index (χ0n) is 12.4. The quantitative estimate of drug-likeness (QED) is 0.892. The lowest BCUT2D eigenvalue weighted by molar-refractivity contribution is 0.0957. The molecule has 0 bridgehead atoms. The number of nitrogens with zero attached hydrogens (tertiary/aromatic N) is 2. The van der Waals surface area contributed by atoms with Crippen molar-refractivity contribution in [1.82, 2.24) is 14.9 Å². The van der Waals surface area contributed by atoms with Crippen LogP contribution in [0.1, 0.15) is 29.8 Å². The van der Waals surface area contributed by atoms with Crippen molar-refractivity contribution in [2.45, 2.75) is 25.4 Å². The van der Waals surface area contributed by atoms with Crippen molar-refractivity contribution < 1.29 is 13.9 Å². The summed E-state index contributed by atoms with van der Waals surface area (Å²) in [4.78, 5) is 16.6. The monoisotopic (exact) mass is 303 g/mol. The van der Waals surface area contributed by atoms with Crippen LogP contribution >= 0.6 is 0 Å². The highest BCUT2D eigenvalue weighted by atomic mass is 19.1. The van der Waals surface area contributed by atoms with Crippen LogP contribution in [0.4, 0.5) is 4.39 Å². The lowest BCUT2D eigenvalue weighted by Gasteiger charge is -2.09. The number of alkyl halides is 1. The van der Waals surface area contributed by atoms with Crippen LogP contribution in [0.15, 0.2) is 30.6 Å². The van der Waals surface area contributed by atoms with Crippen LogP contribution in [0.2, 0.25) is 0 Å². The molecule has 116 valence electrons. The number of carbonyl (C=O) groups excluding carboxylic acids is 1. The van der Waals surface area contributed by atoms with Crippen LogP contribution in [-0.2, 0) is 7.05 Å². The van der Waals surface area contributed by atoms with Gasteiger partial charge < -0.3 is 14.6 Å². The van der Waals surface area contributed by atoms with Crippen molar-refractivity contribution in [1.29, 1.82) is 0 Å². The average molecular weight is 303 g/mol. The molecule has 2 heterocycles. The first-order valence-electron chi connectivity index (χ1n) is 7.26. The lowest BCUT2D eigenvalue weighted by atomic mass is 10.3. The van der Waals surface area contributed by atoms with Gasteiger partial charge in [0.15, 0.2) is 0 Å². The molecule has 1 aliphatic rings. The minimum absolute atomic E-state index is 0.118. The summed E-state index contributed by atoms with van der Waals surface area (Å²) in [5.41, 5.74) is 1.62. The Morgan fingerprint density at radius 2 is 2.36 bits per heavy atom. The first-order valence-corrected chi connectivity index (χ1v) is 7.26. The third-order valence-electron chi connectivity index (χ3n) is 3.63. The Morgan fingerprint density at radius 3 is 3.05 bits per heavy atom. The Kier molecular flexibility index (Phi) is 3.83. The van der Waals surface area contributed by atoms with Crippen molar-refractivity contribution in [2.75, 3.05) is 6.67 Å². The fourth-order valence-electron chi connectivity index (χ4n) is 2.32. The Bertz CT molecular complexity index is 734. The molecule has 1 N–H and O–H groups in total. The van der Waals surface area contributed by atoms with Gasteiger partial charge in [-0.2, -0.15) is 0 Å². The van der Waals surface area contributed by atoms with Gasteiger partial charge in [0.25, 0.3) is 5.91 Å². The molecule has 0 atom stereocenters. The number of carbonyl (C=O) groups is 1. The summed E-state index contributed by atoms with van der Waals surface area (Å²) in [5.74, 6) is 0.235. The number of ether oxygens (including phenoxy) is 1. The number of aromatic nitrogens is 2. The van der Waals surface area contributed by atoms with Gasteiger partial charge in [-0.3, -0.25) is 9.18 Å². The van der Waals surface area contributed by atoms with E-state index >= 15 is 0 Å². The highest BCUT2D eigenvalue weighted by Crippen LogP contribution is 2.31. The van der Waals surface area contributed by atoms with Gasteiger partial charge in [-0.15, -0.1) is 0 Å². The summed E-state index contributed by atoms with van der Waals surface area (Å²) < 4.78 is 19.8. The second-order valence-corrected chi connectivity index (χ2v) is 5.46. The Morgan fingerprint density at radius 1 is 1.59 bits per heavy atom. The molecule has 1 saturated carbocycles. The summed E-state index contributed by atoms with van der Waals surface area (Å²) in [6.07, 6.45) is 4.10. The predicted molar refractivity (Wildman–Crippen MR) is 81.6 cm³/mol. The van der Waals surface area contributed by atoms with Crippen LogP contribution in [0, 0.1) is 0 Å². The van der Waals surface area contributed by atoms with E-state index in [1.54, 1.807) is 23.9 Å². The van der Waals surface area contributed by atoms with Crippen LogP contribution in [0.3, 0.4) is 0 Å². The fourth-order valence-corrected chi connectivity index (χ4v) is 2.32. The van der Waals surface area contributed by atoms with Gasteiger partial charge in [0.05, 0.1) is 6.67 Å². The van der Waals surface area contributed by atoms with E-state index in [2.05, 4.69) is 16.9 Å². The van der Waals surface area contributed by atoms with E-state index in [1.165, 1.54) is 0 Å². The number of nitrogens with one attached hydrogen (secondary N) is 1. The first kappa shape index (κ1) is 14.6. The minimum Gasteiger partial charge on any atom is -0.473 e. The smallest absolute Gasteiger partial charge is 0.272 e. The van der Waals surface area contributed by atoms with Crippen LogP contribution in [0.25, 0.3) is 10.9 Å². The number of halogens is 1. The highest BCUT2D eigenvalue weighted by Gasteiger charge is 2.26. The summed E-state index contributed by atoms with van der Waals surface area (Å²) in [6, 6.07) is 3.61. The van der Waals surface area contributed by atoms with Gasteiger partial charge >= 0.3 is 0 Å². The second-order valence-electron chi connectivity index (χ2n) is 5.46. The summed E-state index contributed by atoms with van der Waals surface area (Å²) in [5, 5.41) is 3.50. The molecule has 5 nitrogen and oxygen atoms in total. The molecule has 0 aromatic carbocycles. The number of aryl methyl sites for hydroxylation is 1. The molecule has 22 heavy (non-hydrogen) atoms. The van der Waals surface area contributed by atoms with Crippen LogP contribution in [-0.4, -0.2) is 28.2 Å². The standard InChI is InChI=1S/C16H18FN3O2/c1-10(5-7-17)19-15(21)13-9-11-6-8-18-16(14(11)20(13)2)22-12-3-4-12/h6,8-9,12H,1,3-5,7H2,2H3,(H,19,21). The van der Waals surface area contributed by atoms with Crippen LogP contribution in [0.5, 0.6) is 5.88 Å². The second kappa shape index (κ2) is 5.79. The molecule has 0 aliphatic heterocycles. The molecule has 2 aromatic rings. The van der Waals surface area contributed by atoms with Crippen molar-refractivity contribution in [3.05, 3.63) is 36.3 Å². The third-order valence-corrected chi connectivity index (χ3v) is 3.63. The van der Waals surface area contributed by atoms with Crippen molar-refractivity contribution in [2.24, 2.45) is 7.05 Å². The maximum atomic E-state index is 12.3. The van der Waals surface area contributed by atoms with E-state index in [1.807, 2.05) is 6.07 Å².